The number of likely N-dealkylation sites (tertiary alicyclic amines) is 1. The smallest absolute Gasteiger partial charge is 0.290 e. The standard InChI is InChI=1S/C19H22N2O4/c22-13-15-7-2-1-6-14(15)12-20-18(23)16-8-3-4-10-21(16)19(24)17-9-5-11-25-17/h1-2,5-7,9,11,16,22H,3-4,8,10,12-13H2,(H,20,23). The van der Waals surface area contributed by atoms with Gasteiger partial charge in [-0.2, -0.15) is 0 Å². The van der Waals surface area contributed by atoms with E-state index in [9.17, 15) is 14.7 Å². The van der Waals surface area contributed by atoms with E-state index in [4.69, 9.17) is 4.42 Å². The molecule has 0 aliphatic carbocycles. The van der Waals surface area contributed by atoms with Crippen molar-refractivity contribution >= 4 is 11.8 Å². The van der Waals surface area contributed by atoms with E-state index in [1.165, 1.54) is 6.26 Å². The molecular weight excluding hydrogens is 320 g/mol. The quantitative estimate of drug-likeness (QED) is 0.871. The van der Waals surface area contributed by atoms with E-state index in [-0.39, 0.29) is 24.2 Å². The van der Waals surface area contributed by atoms with Gasteiger partial charge in [0.1, 0.15) is 6.04 Å². The van der Waals surface area contributed by atoms with Crippen LogP contribution in [0.5, 0.6) is 0 Å². The Labute approximate surface area is 146 Å². The lowest BCUT2D eigenvalue weighted by atomic mass is 10.0. The Bertz CT molecular complexity index is 727. The Morgan fingerprint density at radius 3 is 2.68 bits per heavy atom. The number of furan rings is 1. The Morgan fingerprint density at radius 1 is 1.16 bits per heavy atom. The summed E-state index contributed by atoms with van der Waals surface area (Å²) in [6.45, 7) is 0.804. The molecule has 1 aromatic carbocycles. The molecule has 1 aliphatic rings. The third kappa shape index (κ3) is 3.91. The summed E-state index contributed by atoms with van der Waals surface area (Å²) in [5.74, 6) is -0.168. The molecule has 1 fully saturated rings. The van der Waals surface area contributed by atoms with Crippen LogP contribution in [-0.2, 0) is 17.9 Å². The number of amides is 2. The molecule has 1 unspecified atom stereocenters. The largest absolute Gasteiger partial charge is 0.459 e. The number of carbonyl (C=O) groups is 2. The van der Waals surface area contributed by atoms with Gasteiger partial charge in [-0.3, -0.25) is 9.59 Å². The lowest BCUT2D eigenvalue weighted by Gasteiger charge is -2.34. The number of aliphatic hydroxyl groups excluding tert-OH is 1. The molecule has 0 radical (unpaired) electrons. The summed E-state index contributed by atoms with van der Waals surface area (Å²) in [4.78, 5) is 26.8. The zero-order chi connectivity index (χ0) is 17.6. The van der Waals surface area contributed by atoms with Gasteiger partial charge in [-0.25, -0.2) is 0 Å². The number of rotatable bonds is 5. The van der Waals surface area contributed by atoms with Crippen LogP contribution in [0.4, 0.5) is 0 Å². The van der Waals surface area contributed by atoms with Crippen molar-refractivity contribution in [3.63, 3.8) is 0 Å². The minimum Gasteiger partial charge on any atom is -0.459 e. The third-order valence-electron chi connectivity index (χ3n) is 4.54. The van der Waals surface area contributed by atoms with Gasteiger partial charge in [0.25, 0.3) is 5.91 Å². The second-order valence-electron chi connectivity index (χ2n) is 6.13. The van der Waals surface area contributed by atoms with Crippen molar-refractivity contribution in [3.05, 3.63) is 59.5 Å². The van der Waals surface area contributed by atoms with Crippen molar-refractivity contribution < 1.29 is 19.1 Å². The van der Waals surface area contributed by atoms with Crippen LogP contribution in [0.15, 0.2) is 47.1 Å². The van der Waals surface area contributed by atoms with E-state index in [0.29, 0.717) is 19.5 Å². The highest BCUT2D eigenvalue weighted by Crippen LogP contribution is 2.20. The Morgan fingerprint density at radius 2 is 1.96 bits per heavy atom. The van der Waals surface area contributed by atoms with Gasteiger partial charge in [-0.05, 0) is 42.5 Å². The van der Waals surface area contributed by atoms with Gasteiger partial charge in [0.2, 0.25) is 5.91 Å². The van der Waals surface area contributed by atoms with E-state index in [1.807, 2.05) is 24.3 Å². The summed E-state index contributed by atoms with van der Waals surface area (Å²) in [6, 6.07) is 10.2. The van der Waals surface area contributed by atoms with Gasteiger partial charge in [0, 0.05) is 13.1 Å². The molecule has 1 atom stereocenters. The number of nitrogens with zero attached hydrogens (tertiary/aromatic N) is 1. The van der Waals surface area contributed by atoms with E-state index in [2.05, 4.69) is 5.32 Å². The molecule has 25 heavy (non-hydrogen) atoms. The average Bonchev–Trinajstić information content (AvgIpc) is 3.20. The SMILES string of the molecule is O=C(NCc1ccccc1CO)C1CCCCN1C(=O)c1ccco1. The maximum absolute atomic E-state index is 12.7. The molecule has 2 N–H and O–H groups in total. The number of hydrogen-bond acceptors (Lipinski definition) is 4. The lowest BCUT2D eigenvalue weighted by molar-refractivity contribution is -0.126. The molecule has 2 aromatic rings. The predicted molar refractivity (Wildman–Crippen MR) is 91.6 cm³/mol. The molecule has 132 valence electrons. The van der Waals surface area contributed by atoms with Crippen molar-refractivity contribution in [2.24, 2.45) is 0 Å². The molecule has 2 heterocycles. The zero-order valence-corrected chi connectivity index (χ0v) is 14.0. The van der Waals surface area contributed by atoms with Gasteiger partial charge in [-0.15, -0.1) is 0 Å². The Hall–Kier alpha value is -2.60. The highest BCUT2D eigenvalue weighted by molar-refractivity contribution is 5.95. The van der Waals surface area contributed by atoms with Gasteiger partial charge in [0.05, 0.1) is 12.9 Å². The summed E-state index contributed by atoms with van der Waals surface area (Å²) in [5.41, 5.74) is 1.66. The fourth-order valence-corrected chi connectivity index (χ4v) is 3.17. The van der Waals surface area contributed by atoms with Crippen molar-refractivity contribution in [2.45, 2.75) is 38.5 Å². The maximum Gasteiger partial charge on any atom is 0.290 e. The van der Waals surface area contributed by atoms with Crippen LogP contribution in [-0.4, -0.2) is 34.4 Å². The van der Waals surface area contributed by atoms with Crippen molar-refractivity contribution in [1.82, 2.24) is 10.2 Å². The molecular formula is C19H22N2O4. The average molecular weight is 342 g/mol. The highest BCUT2D eigenvalue weighted by Gasteiger charge is 2.33. The fourth-order valence-electron chi connectivity index (χ4n) is 3.17. The van der Waals surface area contributed by atoms with Crippen LogP contribution in [0.2, 0.25) is 0 Å². The summed E-state index contributed by atoms with van der Waals surface area (Å²) in [6.07, 6.45) is 3.88. The van der Waals surface area contributed by atoms with Crippen LogP contribution in [0, 0.1) is 0 Å². The van der Waals surface area contributed by atoms with Crippen molar-refractivity contribution in [1.29, 1.82) is 0 Å². The molecule has 0 bridgehead atoms. The molecule has 0 spiro atoms. The molecule has 6 nitrogen and oxygen atoms in total. The molecule has 3 rings (SSSR count). The zero-order valence-electron chi connectivity index (χ0n) is 14.0. The summed E-state index contributed by atoms with van der Waals surface area (Å²) >= 11 is 0. The van der Waals surface area contributed by atoms with Crippen LogP contribution >= 0.6 is 0 Å². The summed E-state index contributed by atoms with van der Waals surface area (Å²) in [7, 11) is 0. The highest BCUT2D eigenvalue weighted by atomic mass is 16.3. The van der Waals surface area contributed by atoms with Crippen LogP contribution in [0.1, 0.15) is 40.9 Å². The van der Waals surface area contributed by atoms with Crippen molar-refractivity contribution in [2.75, 3.05) is 6.54 Å². The number of carbonyl (C=O) groups excluding carboxylic acids is 2. The summed E-state index contributed by atoms with van der Waals surface area (Å²) < 4.78 is 5.19. The number of piperidine rings is 1. The monoisotopic (exact) mass is 342 g/mol. The second kappa shape index (κ2) is 7.98. The third-order valence-corrected chi connectivity index (χ3v) is 4.54. The second-order valence-corrected chi connectivity index (χ2v) is 6.13. The normalized spacial score (nSPS) is 17.3. The molecule has 1 aromatic heterocycles. The predicted octanol–water partition coefficient (Wildman–Crippen LogP) is 2.08. The minimum atomic E-state index is -0.493. The number of aliphatic hydroxyl groups is 1. The first-order valence-corrected chi connectivity index (χ1v) is 8.50. The molecule has 1 saturated heterocycles. The van der Waals surface area contributed by atoms with Gasteiger partial charge in [-0.1, -0.05) is 24.3 Å². The first-order chi connectivity index (χ1) is 12.2. The number of benzene rings is 1. The van der Waals surface area contributed by atoms with E-state index in [1.54, 1.807) is 17.0 Å². The first kappa shape index (κ1) is 17.2. The van der Waals surface area contributed by atoms with Crippen LogP contribution < -0.4 is 5.32 Å². The van der Waals surface area contributed by atoms with E-state index in [0.717, 1.165) is 24.0 Å². The number of hydrogen-bond donors (Lipinski definition) is 2. The lowest BCUT2D eigenvalue weighted by Crippen LogP contribution is -2.51. The maximum atomic E-state index is 12.7. The molecule has 1 aliphatic heterocycles. The molecule has 6 heteroatoms. The summed E-state index contributed by atoms with van der Waals surface area (Å²) in [5, 5.41) is 12.3. The number of nitrogens with one attached hydrogen (secondary N) is 1. The first-order valence-electron chi connectivity index (χ1n) is 8.50. The van der Waals surface area contributed by atoms with Crippen molar-refractivity contribution in [3.8, 4) is 0 Å². The Balaban J connectivity index is 1.67. The molecule has 2 amide bonds. The minimum absolute atomic E-state index is 0.0709. The van der Waals surface area contributed by atoms with Gasteiger partial charge in [0.15, 0.2) is 5.76 Å². The van der Waals surface area contributed by atoms with Gasteiger partial charge >= 0.3 is 0 Å². The van der Waals surface area contributed by atoms with E-state index < -0.39 is 6.04 Å². The van der Waals surface area contributed by atoms with Crippen LogP contribution in [0.25, 0.3) is 0 Å². The molecule has 0 saturated carbocycles. The van der Waals surface area contributed by atoms with Crippen LogP contribution in [0.3, 0.4) is 0 Å². The Kier molecular flexibility index (Phi) is 5.50. The van der Waals surface area contributed by atoms with E-state index >= 15 is 0 Å². The fraction of sp³-hybridized carbons (Fsp3) is 0.368. The topological polar surface area (TPSA) is 82.8 Å². The van der Waals surface area contributed by atoms with Gasteiger partial charge < -0.3 is 19.7 Å².